The van der Waals surface area contributed by atoms with Gasteiger partial charge in [-0.05, 0) is 22.6 Å². The van der Waals surface area contributed by atoms with Gasteiger partial charge >= 0.3 is 5.97 Å². The highest BCUT2D eigenvalue weighted by atomic mass is 16.5. The third-order valence-electron chi connectivity index (χ3n) is 3.43. The topological polar surface area (TPSA) is 57.2 Å². The van der Waals surface area contributed by atoms with E-state index in [0.29, 0.717) is 11.4 Å². The molecule has 1 heterocycles. The minimum Gasteiger partial charge on any atom is -0.456 e. The van der Waals surface area contributed by atoms with Crippen LogP contribution in [0.2, 0.25) is 0 Å². The Bertz CT molecular complexity index is 634. The van der Waals surface area contributed by atoms with Crippen LogP contribution in [-0.4, -0.2) is 10.5 Å². The van der Waals surface area contributed by atoms with Gasteiger partial charge in [0.2, 0.25) is 0 Å². The molecular formula is C17H22N2O2. The summed E-state index contributed by atoms with van der Waals surface area (Å²) in [5, 5.41) is 0. The molecule has 2 aromatic rings. The van der Waals surface area contributed by atoms with Crippen molar-refractivity contribution in [3.63, 3.8) is 0 Å². The van der Waals surface area contributed by atoms with Gasteiger partial charge in [-0.15, -0.1) is 0 Å². The zero-order valence-corrected chi connectivity index (χ0v) is 13.0. The van der Waals surface area contributed by atoms with Crippen molar-refractivity contribution in [2.24, 2.45) is 7.05 Å². The van der Waals surface area contributed by atoms with Gasteiger partial charge in [-0.1, -0.05) is 45.0 Å². The lowest BCUT2D eigenvalue weighted by Crippen LogP contribution is -2.11. The molecule has 2 rings (SSSR count). The molecule has 0 fully saturated rings. The van der Waals surface area contributed by atoms with Crippen LogP contribution in [0.5, 0.6) is 0 Å². The van der Waals surface area contributed by atoms with Crippen molar-refractivity contribution in [1.29, 1.82) is 0 Å². The predicted octanol–water partition coefficient (Wildman–Crippen LogP) is 3.26. The number of carbonyl (C=O) groups is 1. The number of carbonyl (C=O) groups excluding carboxylic acids is 1. The van der Waals surface area contributed by atoms with Crippen molar-refractivity contribution >= 4 is 11.7 Å². The molecule has 0 aliphatic rings. The van der Waals surface area contributed by atoms with Crippen molar-refractivity contribution in [3.05, 3.63) is 53.3 Å². The van der Waals surface area contributed by atoms with Gasteiger partial charge in [0.1, 0.15) is 12.3 Å². The van der Waals surface area contributed by atoms with Crippen molar-refractivity contribution in [2.45, 2.75) is 32.8 Å². The molecule has 0 saturated heterocycles. The molecule has 112 valence electrons. The largest absolute Gasteiger partial charge is 0.456 e. The summed E-state index contributed by atoms with van der Waals surface area (Å²) in [6.45, 7) is 6.76. The molecule has 2 N–H and O–H groups in total. The summed E-state index contributed by atoms with van der Waals surface area (Å²) in [6, 6.07) is 9.75. The molecule has 0 bridgehead atoms. The van der Waals surface area contributed by atoms with Crippen molar-refractivity contribution in [1.82, 2.24) is 4.57 Å². The number of anilines is 1. The number of hydrogen-bond acceptors (Lipinski definition) is 3. The van der Waals surface area contributed by atoms with Crippen LogP contribution in [0.1, 0.15) is 42.4 Å². The zero-order valence-electron chi connectivity index (χ0n) is 13.0. The molecule has 0 saturated carbocycles. The van der Waals surface area contributed by atoms with Gasteiger partial charge in [-0.2, -0.15) is 0 Å². The van der Waals surface area contributed by atoms with Crippen molar-refractivity contribution < 1.29 is 9.53 Å². The Balaban J connectivity index is 2.00. The van der Waals surface area contributed by atoms with E-state index in [0.717, 1.165) is 5.56 Å². The van der Waals surface area contributed by atoms with Gasteiger partial charge in [0.25, 0.3) is 0 Å². The Hall–Kier alpha value is -2.23. The third kappa shape index (κ3) is 3.66. The van der Waals surface area contributed by atoms with Crippen LogP contribution in [0.4, 0.5) is 5.69 Å². The van der Waals surface area contributed by atoms with Crippen LogP contribution in [0, 0.1) is 0 Å². The third-order valence-corrected chi connectivity index (χ3v) is 3.43. The van der Waals surface area contributed by atoms with Gasteiger partial charge in [0.05, 0.1) is 5.69 Å². The van der Waals surface area contributed by atoms with E-state index in [4.69, 9.17) is 10.5 Å². The Morgan fingerprint density at radius 2 is 1.86 bits per heavy atom. The van der Waals surface area contributed by atoms with E-state index < -0.39 is 0 Å². The summed E-state index contributed by atoms with van der Waals surface area (Å²) in [5.41, 5.74) is 9.01. The van der Waals surface area contributed by atoms with E-state index in [-0.39, 0.29) is 18.0 Å². The van der Waals surface area contributed by atoms with Gasteiger partial charge in [-0.25, -0.2) is 4.79 Å². The van der Waals surface area contributed by atoms with E-state index >= 15 is 0 Å². The highest BCUT2D eigenvalue weighted by Gasteiger charge is 2.14. The molecule has 0 aliphatic carbocycles. The maximum atomic E-state index is 12.0. The fourth-order valence-corrected chi connectivity index (χ4v) is 2.12. The number of nitrogens with zero attached hydrogens (tertiary/aromatic N) is 1. The molecule has 0 radical (unpaired) electrons. The van der Waals surface area contributed by atoms with Crippen LogP contribution in [0.15, 0.2) is 36.5 Å². The zero-order chi connectivity index (χ0) is 15.6. The monoisotopic (exact) mass is 286 g/mol. The SMILES string of the molecule is Cn1cc(N)cc1C(=O)OCc1ccc(C(C)(C)C)cc1. The summed E-state index contributed by atoms with van der Waals surface area (Å²) < 4.78 is 6.99. The van der Waals surface area contributed by atoms with Crippen molar-refractivity contribution in [3.8, 4) is 0 Å². The highest BCUT2D eigenvalue weighted by Crippen LogP contribution is 2.22. The Labute approximate surface area is 125 Å². The quantitative estimate of drug-likeness (QED) is 0.881. The van der Waals surface area contributed by atoms with Crippen molar-refractivity contribution in [2.75, 3.05) is 5.73 Å². The van der Waals surface area contributed by atoms with Crippen LogP contribution < -0.4 is 5.73 Å². The van der Waals surface area contributed by atoms with E-state index in [1.54, 1.807) is 23.9 Å². The van der Waals surface area contributed by atoms with Gasteiger partial charge in [0, 0.05) is 13.2 Å². The first-order valence-electron chi connectivity index (χ1n) is 6.96. The predicted molar refractivity (Wildman–Crippen MR) is 84.1 cm³/mol. The fraction of sp³-hybridized carbons (Fsp3) is 0.353. The maximum Gasteiger partial charge on any atom is 0.355 e. The average Bonchev–Trinajstić information content (AvgIpc) is 2.74. The molecule has 4 nitrogen and oxygen atoms in total. The fourth-order valence-electron chi connectivity index (χ4n) is 2.12. The Kier molecular flexibility index (Phi) is 4.07. The summed E-state index contributed by atoms with van der Waals surface area (Å²) in [4.78, 5) is 12.0. The average molecular weight is 286 g/mol. The van der Waals surface area contributed by atoms with E-state index in [1.165, 1.54) is 5.56 Å². The molecule has 0 amide bonds. The second kappa shape index (κ2) is 5.64. The van der Waals surface area contributed by atoms with Crippen LogP contribution in [0.3, 0.4) is 0 Å². The smallest absolute Gasteiger partial charge is 0.355 e. The summed E-state index contributed by atoms with van der Waals surface area (Å²) in [5.74, 6) is -0.367. The summed E-state index contributed by atoms with van der Waals surface area (Å²) in [6.07, 6.45) is 1.69. The second-order valence-corrected chi connectivity index (χ2v) is 6.29. The van der Waals surface area contributed by atoms with E-state index in [1.807, 2.05) is 12.1 Å². The Morgan fingerprint density at radius 3 is 2.33 bits per heavy atom. The number of aryl methyl sites for hydroxylation is 1. The lowest BCUT2D eigenvalue weighted by atomic mass is 9.87. The lowest BCUT2D eigenvalue weighted by molar-refractivity contribution is 0.0461. The number of benzene rings is 1. The molecule has 1 aromatic carbocycles. The van der Waals surface area contributed by atoms with Crippen LogP contribution in [-0.2, 0) is 23.8 Å². The second-order valence-electron chi connectivity index (χ2n) is 6.29. The molecule has 0 unspecified atom stereocenters. The molecular weight excluding hydrogens is 264 g/mol. The number of hydrogen-bond donors (Lipinski definition) is 1. The number of ether oxygens (including phenoxy) is 1. The standard InChI is InChI=1S/C17H22N2O2/c1-17(2,3)13-7-5-12(6-8-13)11-21-16(20)15-9-14(18)10-19(15)4/h5-10H,11,18H2,1-4H3. The summed E-state index contributed by atoms with van der Waals surface area (Å²) >= 11 is 0. The first kappa shape index (κ1) is 15.2. The number of esters is 1. The van der Waals surface area contributed by atoms with Gasteiger partial charge in [-0.3, -0.25) is 0 Å². The number of nitrogen functional groups attached to an aromatic ring is 1. The van der Waals surface area contributed by atoms with Crippen LogP contribution >= 0.6 is 0 Å². The molecule has 4 heteroatoms. The van der Waals surface area contributed by atoms with E-state index in [2.05, 4.69) is 32.9 Å². The Morgan fingerprint density at radius 1 is 1.24 bits per heavy atom. The lowest BCUT2D eigenvalue weighted by Gasteiger charge is -2.19. The van der Waals surface area contributed by atoms with E-state index in [9.17, 15) is 4.79 Å². The molecule has 21 heavy (non-hydrogen) atoms. The first-order valence-corrected chi connectivity index (χ1v) is 6.96. The normalized spacial score (nSPS) is 11.4. The molecule has 0 aliphatic heterocycles. The molecule has 0 atom stereocenters. The molecule has 1 aromatic heterocycles. The minimum absolute atomic E-state index is 0.121. The maximum absolute atomic E-state index is 12.0. The van der Waals surface area contributed by atoms with Gasteiger partial charge < -0.3 is 15.0 Å². The summed E-state index contributed by atoms with van der Waals surface area (Å²) in [7, 11) is 1.77. The number of aromatic nitrogens is 1. The minimum atomic E-state index is -0.367. The molecule has 0 spiro atoms. The number of rotatable bonds is 3. The van der Waals surface area contributed by atoms with Crippen LogP contribution in [0.25, 0.3) is 0 Å². The number of nitrogens with two attached hydrogens (primary N) is 1. The highest BCUT2D eigenvalue weighted by molar-refractivity contribution is 5.89. The first-order chi connectivity index (χ1) is 9.77. The van der Waals surface area contributed by atoms with Gasteiger partial charge in [0.15, 0.2) is 0 Å².